The molecule has 188 valence electrons. The van der Waals surface area contributed by atoms with E-state index in [-0.39, 0.29) is 6.61 Å². The van der Waals surface area contributed by atoms with Crippen molar-refractivity contribution in [2.75, 3.05) is 19.8 Å². The minimum absolute atomic E-state index is 0.273. The van der Waals surface area contributed by atoms with E-state index in [1.54, 1.807) is 25.1 Å². The van der Waals surface area contributed by atoms with Crippen molar-refractivity contribution in [3.8, 4) is 47.0 Å². The molecule has 0 aliphatic carbocycles. The van der Waals surface area contributed by atoms with Crippen LogP contribution in [0, 0.1) is 35.5 Å². The van der Waals surface area contributed by atoms with Crippen molar-refractivity contribution in [1.29, 1.82) is 0 Å². The number of hydrogen-bond acceptors (Lipinski definition) is 5. The van der Waals surface area contributed by atoms with Gasteiger partial charge in [0.15, 0.2) is 11.3 Å². The first-order valence-electron chi connectivity index (χ1n) is 12.3. The fourth-order valence-electron chi connectivity index (χ4n) is 3.58. The van der Waals surface area contributed by atoms with Crippen LogP contribution in [-0.2, 0) is 4.74 Å². The molecule has 0 amide bonds. The lowest BCUT2D eigenvalue weighted by atomic mass is 10.1. The molecular formula is C33H26O5. The van der Waals surface area contributed by atoms with Crippen molar-refractivity contribution in [2.24, 2.45) is 0 Å². The first-order chi connectivity index (χ1) is 18.6. The number of carbonyl (C=O) groups excluding carboxylic acids is 1. The van der Waals surface area contributed by atoms with Crippen molar-refractivity contribution in [3.05, 3.63) is 94.7 Å². The maximum atomic E-state index is 12.4. The SMILES string of the molecule is CCOC(=O)c1cc(C#CC#Cc2ccc(OCC)cc2)c2oc(C#Cc3ccc(OCC)cc3)cc2c1. The Labute approximate surface area is 222 Å². The van der Waals surface area contributed by atoms with Gasteiger partial charge in [-0.2, -0.15) is 0 Å². The molecule has 0 unspecified atom stereocenters. The van der Waals surface area contributed by atoms with Crippen LogP contribution in [0.5, 0.6) is 11.5 Å². The quantitative estimate of drug-likeness (QED) is 0.232. The molecule has 1 aromatic heterocycles. The lowest BCUT2D eigenvalue weighted by Crippen LogP contribution is -2.04. The van der Waals surface area contributed by atoms with Crippen molar-refractivity contribution in [2.45, 2.75) is 20.8 Å². The summed E-state index contributed by atoms with van der Waals surface area (Å²) < 4.78 is 22.1. The van der Waals surface area contributed by atoms with Crippen LogP contribution in [-0.4, -0.2) is 25.8 Å². The van der Waals surface area contributed by atoms with Gasteiger partial charge in [-0.05, 0) is 105 Å². The number of ether oxygens (including phenoxy) is 3. The van der Waals surface area contributed by atoms with E-state index in [4.69, 9.17) is 18.6 Å². The average Bonchev–Trinajstić information content (AvgIpc) is 3.35. The summed E-state index contributed by atoms with van der Waals surface area (Å²) in [4.78, 5) is 12.4. The van der Waals surface area contributed by atoms with E-state index in [0.717, 1.165) is 22.6 Å². The van der Waals surface area contributed by atoms with Crippen molar-refractivity contribution in [3.63, 3.8) is 0 Å². The molecule has 0 bridgehead atoms. The zero-order valence-corrected chi connectivity index (χ0v) is 21.5. The van der Waals surface area contributed by atoms with Crippen molar-refractivity contribution in [1.82, 2.24) is 0 Å². The molecule has 38 heavy (non-hydrogen) atoms. The normalized spacial score (nSPS) is 9.76. The molecule has 4 rings (SSSR count). The number of benzene rings is 3. The molecule has 0 atom stereocenters. The predicted molar refractivity (Wildman–Crippen MR) is 147 cm³/mol. The van der Waals surface area contributed by atoms with Crippen LogP contribution in [0.2, 0.25) is 0 Å². The molecule has 0 N–H and O–H groups in total. The molecule has 0 saturated heterocycles. The standard InChI is InChI=1S/C33H26O5/c1-4-35-29-16-11-24(12-17-29)9-7-8-10-26-21-28(33(34)37-6-3)22-27-23-31(38-32(26)27)20-15-25-13-18-30(19-14-25)36-5-2/h11-14,16-19,21-23H,4-6H2,1-3H3. The van der Waals surface area contributed by atoms with E-state index in [2.05, 4.69) is 35.5 Å². The van der Waals surface area contributed by atoms with Crippen LogP contribution < -0.4 is 9.47 Å². The fraction of sp³-hybridized carbons (Fsp3) is 0.182. The van der Waals surface area contributed by atoms with Gasteiger partial charge in [0.25, 0.3) is 0 Å². The highest BCUT2D eigenvalue weighted by molar-refractivity contribution is 5.96. The van der Waals surface area contributed by atoms with Crippen LogP contribution in [0.3, 0.4) is 0 Å². The molecule has 4 aromatic rings. The van der Waals surface area contributed by atoms with Gasteiger partial charge in [0.05, 0.1) is 30.9 Å². The van der Waals surface area contributed by atoms with Gasteiger partial charge < -0.3 is 18.6 Å². The minimum Gasteiger partial charge on any atom is -0.494 e. The van der Waals surface area contributed by atoms with E-state index in [0.29, 0.717) is 41.1 Å². The van der Waals surface area contributed by atoms with Gasteiger partial charge in [-0.15, -0.1) is 0 Å². The molecule has 5 heteroatoms. The molecule has 0 fully saturated rings. The summed E-state index contributed by atoms with van der Waals surface area (Å²) in [5, 5.41) is 0.704. The third kappa shape index (κ3) is 6.79. The number of hydrogen-bond donors (Lipinski definition) is 0. The van der Waals surface area contributed by atoms with Crippen LogP contribution in [0.4, 0.5) is 0 Å². The van der Waals surface area contributed by atoms with Gasteiger partial charge in [-0.25, -0.2) is 4.79 Å². The van der Waals surface area contributed by atoms with E-state index in [9.17, 15) is 4.79 Å². The third-order valence-corrected chi connectivity index (χ3v) is 5.25. The van der Waals surface area contributed by atoms with Gasteiger partial charge >= 0.3 is 5.97 Å². The van der Waals surface area contributed by atoms with E-state index in [1.807, 2.05) is 62.4 Å². The van der Waals surface area contributed by atoms with Crippen LogP contribution >= 0.6 is 0 Å². The Kier molecular flexibility index (Phi) is 8.75. The second-order valence-corrected chi connectivity index (χ2v) is 7.94. The first kappa shape index (κ1) is 26.0. The van der Waals surface area contributed by atoms with E-state index in [1.165, 1.54) is 0 Å². The number of esters is 1. The summed E-state index contributed by atoms with van der Waals surface area (Å²) in [5.41, 5.74) is 3.09. The predicted octanol–water partition coefficient (Wildman–Crippen LogP) is 6.21. The fourth-order valence-corrected chi connectivity index (χ4v) is 3.58. The van der Waals surface area contributed by atoms with E-state index >= 15 is 0 Å². The third-order valence-electron chi connectivity index (χ3n) is 5.25. The molecule has 0 aliphatic rings. The van der Waals surface area contributed by atoms with Gasteiger partial charge in [0.2, 0.25) is 0 Å². The summed E-state index contributed by atoms with van der Waals surface area (Å²) in [6.07, 6.45) is 0. The lowest BCUT2D eigenvalue weighted by molar-refractivity contribution is 0.0526. The van der Waals surface area contributed by atoms with Gasteiger partial charge in [0.1, 0.15) is 11.5 Å². The molecule has 3 aromatic carbocycles. The van der Waals surface area contributed by atoms with Gasteiger partial charge in [-0.1, -0.05) is 11.8 Å². The second-order valence-electron chi connectivity index (χ2n) is 7.94. The summed E-state index contributed by atoms with van der Waals surface area (Å²) in [7, 11) is 0. The van der Waals surface area contributed by atoms with Crippen LogP contribution in [0.15, 0.2) is 71.1 Å². The maximum absolute atomic E-state index is 12.4. The van der Waals surface area contributed by atoms with Crippen molar-refractivity contribution < 1.29 is 23.4 Å². The summed E-state index contributed by atoms with van der Waals surface area (Å²) in [6, 6.07) is 20.2. The van der Waals surface area contributed by atoms with Crippen LogP contribution in [0.25, 0.3) is 11.0 Å². The Morgan fingerprint density at radius 1 is 0.711 bits per heavy atom. The van der Waals surface area contributed by atoms with Crippen molar-refractivity contribution >= 4 is 16.9 Å². The summed E-state index contributed by atoms with van der Waals surface area (Å²) in [5.74, 6) is 19.5. The zero-order valence-electron chi connectivity index (χ0n) is 21.5. The molecule has 1 heterocycles. The Bertz CT molecular complexity index is 1610. The molecule has 5 nitrogen and oxygen atoms in total. The highest BCUT2D eigenvalue weighted by atomic mass is 16.5. The molecule has 0 saturated carbocycles. The average molecular weight is 503 g/mol. The number of carbonyl (C=O) groups is 1. The molecule has 0 radical (unpaired) electrons. The highest BCUT2D eigenvalue weighted by Crippen LogP contribution is 2.25. The monoisotopic (exact) mass is 502 g/mol. The molecule has 0 spiro atoms. The Morgan fingerprint density at radius 2 is 1.32 bits per heavy atom. The summed E-state index contributed by atoms with van der Waals surface area (Å²) >= 11 is 0. The Hall–Kier alpha value is -5.05. The zero-order chi connectivity index (χ0) is 26.7. The molecular weight excluding hydrogens is 476 g/mol. The van der Waals surface area contributed by atoms with E-state index < -0.39 is 5.97 Å². The maximum Gasteiger partial charge on any atom is 0.338 e. The number of fused-ring (bicyclic) bond motifs is 1. The molecule has 0 aliphatic heterocycles. The highest BCUT2D eigenvalue weighted by Gasteiger charge is 2.14. The summed E-state index contributed by atoms with van der Waals surface area (Å²) in [6.45, 7) is 7.13. The number of rotatable bonds is 6. The topological polar surface area (TPSA) is 57.9 Å². The Balaban J connectivity index is 1.64. The second kappa shape index (κ2) is 12.8. The smallest absolute Gasteiger partial charge is 0.338 e. The van der Waals surface area contributed by atoms with Gasteiger partial charge in [-0.3, -0.25) is 0 Å². The lowest BCUT2D eigenvalue weighted by Gasteiger charge is -2.02. The first-order valence-corrected chi connectivity index (χ1v) is 12.3. The van der Waals surface area contributed by atoms with Crippen LogP contribution in [0.1, 0.15) is 53.6 Å². The minimum atomic E-state index is -0.429. The largest absolute Gasteiger partial charge is 0.494 e. The van der Waals surface area contributed by atoms with Gasteiger partial charge in [0, 0.05) is 22.6 Å². The number of furan rings is 1. The Morgan fingerprint density at radius 3 is 1.92 bits per heavy atom.